The molecule has 0 aromatic carbocycles. The van der Waals surface area contributed by atoms with Crippen molar-refractivity contribution in [2.24, 2.45) is 29.4 Å². The van der Waals surface area contributed by atoms with Crippen LogP contribution in [0.4, 0.5) is 0 Å². The van der Waals surface area contributed by atoms with E-state index in [0.717, 1.165) is 37.1 Å². The number of carbonyl (C=O) groups excluding carboxylic acids is 2. The number of primary amides is 1. The fourth-order valence-corrected chi connectivity index (χ4v) is 6.55. The Balaban J connectivity index is 1.40. The van der Waals surface area contributed by atoms with E-state index in [1.165, 1.54) is 43.4 Å². The van der Waals surface area contributed by atoms with Crippen molar-refractivity contribution in [3.63, 3.8) is 0 Å². The Kier molecular flexibility index (Phi) is 4.10. The van der Waals surface area contributed by atoms with Crippen LogP contribution >= 0.6 is 0 Å². The van der Waals surface area contributed by atoms with Crippen LogP contribution in [-0.2, 0) is 9.59 Å². The minimum Gasteiger partial charge on any atom is -0.369 e. The van der Waals surface area contributed by atoms with Crippen LogP contribution < -0.4 is 16.0 Å². The molecule has 5 fully saturated rings. The Bertz CT molecular complexity index is 497. The molecule has 4 N–H and O–H groups in total. The van der Waals surface area contributed by atoms with E-state index in [0.29, 0.717) is 6.54 Å². The molecule has 24 heavy (non-hydrogen) atoms. The van der Waals surface area contributed by atoms with Gasteiger partial charge in [0.25, 0.3) is 5.91 Å². The summed E-state index contributed by atoms with van der Waals surface area (Å²) in [5, 5.41) is 3.49. The molecule has 1 saturated heterocycles. The molecule has 5 rings (SSSR count). The largest absolute Gasteiger partial charge is 0.369 e. The van der Waals surface area contributed by atoms with Crippen LogP contribution in [0.25, 0.3) is 0 Å². The molecule has 1 heterocycles. The quantitative estimate of drug-likeness (QED) is 0.689. The van der Waals surface area contributed by atoms with Gasteiger partial charge >= 0.3 is 0 Å². The molecule has 4 saturated carbocycles. The van der Waals surface area contributed by atoms with Gasteiger partial charge in [-0.05, 0) is 76.0 Å². The SMILES string of the molecule is C[C@@H](C(=O)NC12CC3CC(CC(C3)C1)C2)[NH+]1CCC[C@H](C(N)=O)C1. The van der Waals surface area contributed by atoms with Crippen LogP contribution in [0.1, 0.15) is 58.3 Å². The first-order valence-corrected chi connectivity index (χ1v) is 9.90. The molecule has 0 aromatic heterocycles. The van der Waals surface area contributed by atoms with Gasteiger partial charge in [0.2, 0.25) is 5.91 Å². The lowest BCUT2D eigenvalue weighted by molar-refractivity contribution is -0.921. The van der Waals surface area contributed by atoms with E-state index in [1.807, 2.05) is 6.92 Å². The van der Waals surface area contributed by atoms with Gasteiger partial charge in [-0.15, -0.1) is 0 Å². The van der Waals surface area contributed by atoms with Gasteiger partial charge in [0.05, 0.1) is 19.0 Å². The maximum Gasteiger partial charge on any atom is 0.278 e. The van der Waals surface area contributed by atoms with Crippen molar-refractivity contribution in [3.05, 3.63) is 0 Å². The summed E-state index contributed by atoms with van der Waals surface area (Å²) in [5.74, 6) is 2.44. The second kappa shape index (κ2) is 6.01. The number of rotatable bonds is 4. The highest BCUT2D eigenvalue weighted by molar-refractivity contribution is 5.81. The zero-order valence-corrected chi connectivity index (χ0v) is 14.9. The summed E-state index contributed by atoms with van der Waals surface area (Å²) in [5.41, 5.74) is 5.57. The summed E-state index contributed by atoms with van der Waals surface area (Å²) in [4.78, 5) is 25.7. The number of carbonyl (C=O) groups is 2. The zero-order valence-electron chi connectivity index (χ0n) is 14.9. The minimum absolute atomic E-state index is 0.0662. The van der Waals surface area contributed by atoms with Crippen molar-refractivity contribution in [3.8, 4) is 0 Å². The normalized spacial score (nSPS) is 45.0. The van der Waals surface area contributed by atoms with E-state index in [4.69, 9.17) is 5.73 Å². The summed E-state index contributed by atoms with van der Waals surface area (Å²) in [7, 11) is 0. The standard InChI is InChI=1S/C19H31N3O2/c1-12(22-4-2-3-16(11-22)17(20)23)18(24)21-19-8-13-5-14(9-19)7-15(6-13)10-19/h12-16H,2-11H2,1H3,(H2,20,23)(H,21,24)/p+1/t12-,13?,14?,15?,16-,19?/m0/s1. The number of likely N-dealkylation sites (tertiary alicyclic amines) is 1. The molecule has 2 amide bonds. The van der Waals surface area contributed by atoms with Gasteiger partial charge in [0, 0.05) is 5.54 Å². The summed E-state index contributed by atoms with van der Waals surface area (Å²) in [6, 6.07) is -0.0832. The molecule has 0 radical (unpaired) electrons. The fourth-order valence-electron chi connectivity index (χ4n) is 6.55. The third-order valence-corrected chi connectivity index (χ3v) is 7.39. The number of quaternary nitrogens is 1. The summed E-state index contributed by atoms with van der Waals surface area (Å²) >= 11 is 0. The highest BCUT2D eigenvalue weighted by atomic mass is 16.2. The summed E-state index contributed by atoms with van der Waals surface area (Å²) < 4.78 is 0. The number of nitrogens with two attached hydrogens (primary N) is 1. The van der Waals surface area contributed by atoms with Gasteiger partial charge in [-0.1, -0.05) is 0 Å². The van der Waals surface area contributed by atoms with Gasteiger partial charge in [-0.3, -0.25) is 9.59 Å². The first-order chi connectivity index (χ1) is 11.4. The number of piperidine rings is 1. The van der Waals surface area contributed by atoms with Crippen molar-refractivity contribution in [1.82, 2.24) is 5.32 Å². The Hall–Kier alpha value is -1.10. The number of amides is 2. The number of nitrogens with one attached hydrogen (secondary N) is 2. The van der Waals surface area contributed by atoms with Gasteiger partial charge in [-0.25, -0.2) is 0 Å². The van der Waals surface area contributed by atoms with Crippen molar-refractivity contribution in [2.45, 2.75) is 69.9 Å². The minimum atomic E-state index is -0.208. The summed E-state index contributed by atoms with van der Waals surface area (Å²) in [6.45, 7) is 3.71. The van der Waals surface area contributed by atoms with Crippen LogP contribution in [0, 0.1) is 23.7 Å². The van der Waals surface area contributed by atoms with E-state index < -0.39 is 0 Å². The monoisotopic (exact) mass is 334 g/mol. The molecule has 1 aliphatic heterocycles. The van der Waals surface area contributed by atoms with Crippen molar-refractivity contribution in [1.29, 1.82) is 0 Å². The van der Waals surface area contributed by atoms with E-state index >= 15 is 0 Å². The first-order valence-electron chi connectivity index (χ1n) is 9.90. The van der Waals surface area contributed by atoms with E-state index in [2.05, 4.69) is 5.32 Å². The Morgan fingerprint density at radius 3 is 2.25 bits per heavy atom. The molecule has 3 atom stereocenters. The van der Waals surface area contributed by atoms with Crippen LogP contribution in [0.2, 0.25) is 0 Å². The molecule has 4 bridgehead atoms. The van der Waals surface area contributed by atoms with Crippen LogP contribution in [0.15, 0.2) is 0 Å². The van der Waals surface area contributed by atoms with Crippen molar-refractivity contribution in [2.75, 3.05) is 13.1 Å². The molecule has 0 spiro atoms. The van der Waals surface area contributed by atoms with E-state index in [9.17, 15) is 9.59 Å². The molecule has 4 aliphatic carbocycles. The van der Waals surface area contributed by atoms with Crippen molar-refractivity contribution < 1.29 is 14.5 Å². The first kappa shape index (κ1) is 16.4. The third kappa shape index (κ3) is 2.96. The lowest BCUT2D eigenvalue weighted by Crippen LogP contribution is -3.18. The fraction of sp³-hybridized carbons (Fsp3) is 0.895. The maximum atomic E-state index is 13.0. The Morgan fingerprint density at radius 2 is 1.71 bits per heavy atom. The van der Waals surface area contributed by atoms with Crippen LogP contribution in [-0.4, -0.2) is 36.5 Å². The lowest BCUT2D eigenvalue weighted by Gasteiger charge is -2.57. The van der Waals surface area contributed by atoms with Crippen molar-refractivity contribution >= 4 is 11.8 Å². The molecule has 0 aromatic rings. The average Bonchev–Trinajstić information content (AvgIpc) is 2.52. The number of hydrogen-bond acceptors (Lipinski definition) is 2. The molecule has 5 aliphatic rings. The Morgan fingerprint density at radius 1 is 1.12 bits per heavy atom. The molecular formula is C19H32N3O2+. The van der Waals surface area contributed by atoms with Gasteiger partial charge < -0.3 is 16.0 Å². The lowest BCUT2D eigenvalue weighted by atomic mass is 9.53. The van der Waals surface area contributed by atoms with E-state index in [-0.39, 0.29) is 29.3 Å². The maximum absolute atomic E-state index is 13.0. The average molecular weight is 334 g/mol. The van der Waals surface area contributed by atoms with Gasteiger partial charge in [-0.2, -0.15) is 0 Å². The molecule has 5 nitrogen and oxygen atoms in total. The van der Waals surface area contributed by atoms with Crippen LogP contribution in [0.5, 0.6) is 0 Å². The zero-order chi connectivity index (χ0) is 16.9. The number of hydrogen-bond donors (Lipinski definition) is 3. The highest BCUT2D eigenvalue weighted by Crippen LogP contribution is 2.55. The van der Waals surface area contributed by atoms with E-state index in [1.54, 1.807) is 0 Å². The predicted octanol–water partition coefficient (Wildman–Crippen LogP) is 0.240. The molecule has 5 heteroatoms. The summed E-state index contributed by atoms with van der Waals surface area (Å²) in [6.07, 6.45) is 9.61. The van der Waals surface area contributed by atoms with Gasteiger partial charge in [0.1, 0.15) is 0 Å². The second-order valence-corrected chi connectivity index (χ2v) is 9.26. The highest BCUT2D eigenvalue weighted by Gasteiger charge is 2.52. The Labute approximate surface area is 144 Å². The third-order valence-electron chi connectivity index (χ3n) is 7.39. The second-order valence-electron chi connectivity index (χ2n) is 9.26. The molecular weight excluding hydrogens is 302 g/mol. The smallest absolute Gasteiger partial charge is 0.278 e. The molecule has 134 valence electrons. The van der Waals surface area contributed by atoms with Crippen LogP contribution in [0.3, 0.4) is 0 Å². The topological polar surface area (TPSA) is 76.6 Å². The van der Waals surface area contributed by atoms with Gasteiger partial charge in [0.15, 0.2) is 6.04 Å². The predicted molar refractivity (Wildman–Crippen MR) is 91.1 cm³/mol. The molecule has 1 unspecified atom stereocenters.